The van der Waals surface area contributed by atoms with Crippen LogP contribution in [0.5, 0.6) is 0 Å². The Morgan fingerprint density at radius 3 is 2.37 bits per heavy atom. The van der Waals surface area contributed by atoms with Gasteiger partial charge in [0, 0.05) is 24.7 Å². The fourth-order valence-electron chi connectivity index (χ4n) is 1.34. The molecular formula is C13H25NO4S. The lowest BCUT2D eigenvalue weighted by Crippen LogP contribution is -2.42. The summed E-state index contributed by atoms with van der Waals surface area (Å²) in [5, 5.41) is 11.8. The maximum absolute atomic E-state index is 11.7. The van der Waals surface area contributed by atoms with Crippen molar-refractivity contribution < 1.29 is 19.4 Å². The molecule has 0 aromatic rings. The van der Waals surface area contributed by atoms with E-state index >= 15 is 0 Å². The highest BCUT2D eigenvalue weighted by atomic mass is 32.2. The van der Waals surface area contributed by atoms with Gasteiger partial charge in [-0.25, -0.2) is 4.79 Å². The van der Waals surface area contributed by atoms with Crippen molar-refractivity contribution in [1.29, 1.82) is 0 Å². The van der Waals surface area contributed by atoms with E-state index in [0.717, 1.165) is 0 Å². The molecule has 0 bridgehead atoms. The van der Waals surface area contributed by atoms with Gasteiger partial charge in [-0.1, -0.05) is 6.92 Å². The zero-order valence-electron chi connectivity index (χ0n) is 12.4. The molecule has 1 amide bonds. The Bertz CT molecular complexity index is 302. The normalized spacial score (nSPS) is 14.8. The smallest absolute Gasteiger partial charge is 0.326 e. The number of thioether (sulfide) groups is 1. The molecule has 0 radical (unpaired) electrons. The molecule has 0 aliphatic carbocycles. The van der Waals surface area contributed by atoms with E-state index < -0.39 is 12.0 Å². The van der Waals surface area contributed by atoms with Crippen LogP contribution in [-0.2, 0) is 14.3 Å². The van der Waals surface area contributed by atoms with Crippen molar-refractivity contribution in [2.75, 3.05) is 12.9 Å². The number of carbonyl (C=O) groups excluding carboxylic acids is 1. The molecule has 0 aliphatic rings. The molecule has 0 aromatic heterocycles. The van der Waals surface area contributed by atoms with Crippen LogP contribution in [0.3, 0.4) is 0 Å². The quantitative estimate of drug-likeness (QED) is 0.714. The third kappa shape index (κ3) is 9.78. The van der Waals surface area contributed by atoms with E-state index in [9.17, 15) is 9.59 Å². The monoisotopic (exact) mass is 291 g/mol. The Morgan fingerprint density at radius 2 is 1.95 bits per heavy atom. The second-order valence-electron chi connectivity index (χ2n) is 5.46. The van der Waals surface area contributed by atoms with Gasteiger partial charge in [0.1, 0.15) is 6.04 Å². The number of nitrogens with one attached hydrogen (secondary N) is 1. The predicted molar refractivity (Wildman–Crippen MR) is 77.5 cm³/mol. The SMILES string of the molecule is CSC(C)CC(=O)NC(CCOC(C)(C)C)C(=O)O. The molecule has 0 fully saturated rings. The maximum atomic E-state index is 11.7. The number of carbonyl (C=O) groups is 2. The molecule has 112 valence electrons. The molecule has 0 aromatic carbocycles. The van der Waals surface area contributed by atoms with Gasteiger partial charge >= 0.3 is 5.97 Å². The minimum atomic E-state index is -1.03. The molecule has 2 unspecified atom stereocenters. The summed E-state index contributed by atoms with van der Waals surface area (Å²) in [5.41, 5.74) is -0.305. The molecule has 6 heteroatoms. The highest BCUT2D eigenvalue weighted by molar-refractivity contribution is 7.99. The number of ether oxygens (including phenoxy) is 1. The Labute approximate surface area is 119 Å². The van der Waals surface area contributed by atoms with Gasteiger partial charge in [0.2, 0.25) is 5.91 Å². The van der Waals surface area contributed by atoms with E-state index in [2.05, 4.69) is 5.32 Å². The molecule has 0 aliphatic heterocycles. The number of aliphatic carboxylic acids is 1. The van der Waals surface area contributed by atoms with E-state index in [0.29, 0.717) is 13.0 Å². The zero-order valence-corrected chi connectivity index (χ0v) is 13.2. The second kappa shape index (κ2) is 8.43. The summed E-state index contributed by atoms with van der Waals surface area (Å²) in [4.78, 5) is 22.7. The largest absolute Gasteiger partial charge is 0.480 e. The van der Waals surface area contributed by atoms with Crippen LogP contribution in [0.1, 0.15) is 40.5 Å². The van der Waals surface area contributed by atoms with Crippen molar-refractivity contribution in [2.45, 2.75) is 57.4 Å². The topological polar surface area (TPSA) is 75.6 Å². The fourth-order valence-corrected chi connectivity index (χ4v) is 1.66. The van der Waals surface area contributed by atoms with Crippen LogP contribution in [0.15, 0.2) is 0 Å². The molecule has 0 spiro atoms. The van der Waals surface area contributed by atoms with E-state index in [1.54, 1.807) is 11.8 Å². The first kappa shape index (κ1) is 18.2. The van der Waals surface area contributed by atoms with Gasteiger partial charge in [-0.15, -0.1) is 0 Å². The maximum Gasteiger partial charge on any atom is 0.326 e. The molecule has 2 N–H and O–H groups in total. The lowest BCUT2D eigenvalue weighted by Gasteiger charge is -2.21. The number of rotatable bonds is 8. The van der Waals surface area contributed by atoms with Crippen LogP contribution in [0.2, 0.25) is 0 Å². The van der Waals surface area contributed by atoms with Crippen LogP contribution in [0.4, 0.5) is 0 Å². The number of hydrogen-bond acceptors (Lipinski definition) is 4. The highest BCUT2D eigenvalue weighted by Gasteiger charge is 2.21. The molecule has 0 saturated carbocycles. The summed E-state index contributed by atoms with van der Waals surface area (Å²) in [5.74, 6) is -1.26. The number of amides is 1. The minimum Gasteiger partial charge on any atom is -0.480 e. The summed E-state index contributed by atoms with van der Waals surface area (Å²) in [6.45, 7) is 7.95. The summed E-state index contributed by atoms with van der Waals surface area (Å²) < 4.78 is 5.48. The number of carboxylic acids is 1. The molecule has 0 rings (SSSR count). The number of hydrogen-bond donors (Lipinski definition) is 2. The van der Waals surface area contributed by atoms with Crippen molar-refractivity contribution >= 4 is 23.6 Å². The van der Waals surface area contributed by atoms with Gasteiger partial charge in [0.15, 0.2) is 0 Å². The van der Waals surface area contributed by atoms with E-state index in [1.807, 2.05) is 34.0 Å². The fraction of sp³-hybridized carbons (Fsp3) is 0.846. The van der Waals surface area contributed by atoms with Crippen LogP contribution in [-0.4, -0.2) is 46.7 Å². The first-order valence-electron chi connectivity index (χ1n) is 6.34. The average Bonchev–Trinajstić information content (AvgIpc) is 2.25. The molecule has 2 atom stereocenters. The van der Waals surface area contributed by atoms with Crippen molar-refractivity contribution in [3.63, 3.8) is 0 Å². The van der Waals surface area contributed by atoms with Gasteiger partial charge in [-0.2, -0.15) is 11.8 Å². The molecule has 0 saturated heterocycles. The zero-order chi connectivity index (χ0) is 15.1. The lowest BCUT2D eigenvalue weighted by atomic mass is 10.1. The summed E-state index contributed by atoms with van der Waals surface area (Å²) in [6, 6.07) is -0.885. The Morgan fingerprint density at radius 1 is 1.37 bits per heavy atom. The van der Waals surface area contributed by atoms with Crippen molar-refractivity contribution in [1.82, 2.24) is 5.32 Å². The van der Waals surface area contributed by atoms with Crippen molar-refractivity contribution in [3.8, 4) is 0 Å². The molecule has 19 heavy (non-hydrogen) atoms. The van der Waals surface area contributed by atoms with Crippen LogP contribution >= 0.6 is 11.8 Å². The summed E-state index contributed by atoms with van der Waals surface area (Å²) in [6.07, 6.45) is 2.51. The van der Waals surface area contributed by atoms with Gasteiger partial charge < -0.3 is 15.2 Å². The molecular weight excluding hydrogens is 266 g/mol. The van der Waals surface area contributed by atoms with Crippen LogP contribution in [0.25, 0.3) is 0 Å². The van der Waals surface area contributed by atoms with E-state index in [4.69, 9.17) is 9.84 Å². The molecule has 5 nitrogen and oxygen atoms in total. The average molecular weight is 291 g/mol. The Kier molecular flexibility index (Phi) is 8.09. The van der Waals surface area contributed by atoms with Crippen LogP contribution < -0.4 is 5.32 Å². The Balaban J connectivity index is 4.19. The van der Waals surface area contributed by atoms with Gasteiger partial charge in [-0.05, 0) is 27.0 Å². The highest BCUT2D eigenvalue weighted by Crippen LogP contribution is 2.10. The van der Waals surface area contributed by atoms with Crippen molar-refractivity contribution in [3.05, 3.63) is 0 Å². The lowest BCUT2D eigenvalue weighted by molar-refractivity contribution is -0.142. The minimum absolute atomic E-state index is 0.181. The van der Waals surface area contributed by atoms with E-state index in [1.165, 1.54) is 0 Å². The second-order valence-corrected chi connectivity index (χ2v) is 6.73. The van der Waals surface area contributed by atoms with Gasteiger partial charge in [0.25, 0.3) is 0 Å². The Hall–Kier alpha value is -0.750. The predicted octanol–water partition coefficient (Wildman–Crippen LogP) is 1.90. The third-order valence-corrected chi connectivity index (χ3v) is 3.42. The first-order chi connectivity index (χ1) is 8.65. The summed E-state index contributed by atoms with van der Waals surface area (Å²) >= 11 is 1.58. The third-order valence-electron chi connectivity index (χ3n) is 2.45. The summed E-state index contributed by atoms with van der Waals surface area (Å²) in [7, 11) is 0. The van der Waals surface area contributed by atoms with Crippen molar-refractivity contribution in [2.24, 2.45) is 0 Å². The van der Waals surface area contributed by atoms with E-state index in [-0.39, 0.29) is 23.2 Å². The molecule has 0 heterocycles. The number of carboxylic acid groups (broad SMARTS) is 1. The van der Waals surface area contributed by atoms with Gasteiger partial charge in [-0.3, -0.25) is 4.79 Å². The van der Waals surface area contributed by atoms with Gasteiger partial charge in [0.05, 0.1) is 5.60 Å². The standard InChI is InChI=1S/C13H25NO4S/c1-9(19-5)8-11(15)14-10(12(16)17)6-7-18-13(2,3)4/h9-10H,6-8H2,1-5H3,(H,14,15)(H,16,17). The van der Waals surface area contributed by atoms with Crippen LogP contribution in [0, 0.1) is 0 Å². The first-order valence-corrected chi connectivity index (χ1v) is 7.63.